The molecule has 0 amide bonds. The first kappa shape index (κ1) is 25.2. The molecular weight excluding hydrogens is 481 g/mol. The Labute approximate surface area is 191 Å². The highest BCUT2D eigenvalue weighted by Gasteiger charge is 2.09. The average molecular weight is 515 g/mol. The number of halogens is 1. The van der Waals surface area contributed by atoms with Crippen LogP contribution in [0.1, 0.15) is 44.9 Å². The highest BCUT2D eigenvalue weighted by Crippen LogP contribution is 2.20. The number of unbranched alkanes of at least 4 members (excludes halogenated alkanes) is 3. The van der Waals surface area contributed by atoms with Gasteiger partial charge in [0.2, 0.25) is 11.7 Å². The minimum Gasteiger partial charge on any atom is -0.497 e. The van der Waals surface area contributed by atoms with Crippen molar-refractivity contribution in [2.75, 3.05) is 34.3 Å². The van der Waals surface area contributed by atoms with Crippen LogP contribution in [0.2, 0.25) is 0 Å². The molecule has 0 unspecified atom stereocenters. The highest BCUT2D eigenvalue weighted by molar-refractivity contribution is 14.0. The quantitative estimate of drug-likeness (QED) is 0.207. The fourth-order valence-corrected chi connectivity index (χ4v) is 2.88. The van der Waals surface area contributed by atoms with Crippen molar-refractivity contribution in [3.05, 3.63) is 30.2 Å². The number of benzene rings is 1. The summed E-state index contributed by atoms with van der Waals surface area (Å²) in [7, 11) is 5.57. The van der Waals surface area contributed by atoms with Gasteiger partial charge in [-0.25, -0.2) is 0 Å². The summed E-state index contributed by atoms with van der Waals surface area (Å²) in [5.41, 5.74) is 0.929. The Morgan fingerprint density at radius 2 is 1.93 bits per heavy atom. The molecule has 0 fully saturated rings. The third kappa shape index (κ3) is 8.59. The number of hydrogen-bond donors (Lipinski definition) is 1. The fourth-order valence-electron chi connectivity index (χ4n) is 2.88. The molecule has 29 heavy (non-hydrogen) atoms. The zero-order valence-corrected chi connectivity index (χ0v) is 20.3. The van der Waals surface area contributed by atoms with E-state index in [-0.39, 0.29) is 24.0 Å². The van der Waals surface area contributed by atoms with Gasteiger partial charge in [-0.3, -0.25) is 4.99 Å². The number of aryl methyl sites for hydroxylation is 1. The maximum atomic E-state index is 5.37. The number of hydrogen-bond acceptors (Lipinski definition) is 5. The van der Waals surface area contributed by atoms with Gasteiger partial charge in [0, 0.05) is 39.2 Å². The van der Waals surface area contributed by atoms with Crippen LogP contribution in [0.4, 0.5) is 0 Å². The molecular formula is C21H34IN5O2. The third-order valence-electron chi connectivity index (χ3n) is 4.59. The number of aliphatic imine (C=N–C) groups is 1. The van der Waals surface area contributed by atoms with E-state index >= 15 is 0 Å². The van der Waals surface area contributed by atoms with Crippen molar-refractivity contribution < 1.29 is 9.26 Å². The lowest BCUT2D eigenvalue weighted by Gasteiger charge is -2.21. The number of methoxy groups -OCH3 is 1. The maximum absolute atomic E-state index is 5.37. The van der Waals surface area contributed by atoms with Crippen molar-refractivity contribution in [2.45, 2.75) is 45.4 Å². The van der Waals surface area contributed by atoms with E-state index in [4.69, 9.17) is 9.26 Å². The minimum absolute atomic E-state index is 0. The molecule has 0 radical (unpaired) electrons. The van der Waals surface area contributed by atoms with E-state index in [9.17, 15) is 0 Å². The number of aromatic nitrogens is 2. The summed E-state index contributed by atoms with van der Waals surface area (Å²) in [5.74, 6) is 3.09. The summed E-state index contributed by atoms with van der Waals surface area (Å²) in [6.45, 7) is 4.15. The Kier molecular flexibility index (Phi) is 12.3. The van der Waals surface area contributed by atoms with Crippen LogP contribution in [-0.4, -0.2) is 55.3 Å². The lowest BCUT2D eigenvalue weighted by Crippen LogP contribution is -2.39. The molecule has 162 valence electrons. The number of rotatable bonds is 11. The molecule has 2 rings (SSSR count). The Balaban J connectivity index is 0.00000420. The van der Waals surface area contributed by atoms with Crippen LogP contribution in [0.15, 0.2) is 33.8 Å². The van der Waals surface area contributed by atoms with Gasteiger partial charge in [0.25, 0.3) is 0 Å². The molecule has 0 saturated heterocycles. The first-order valence-corrected chi connectivity index (χ1v) is 10.1. The molecule has 0 atom stereocenters. The standard InChI is InChI=1S/C21H33N5O2.HI/c1-5-6-16-26(3)21(22-2)23-15-9-7-8-10-19-24-20(25-28-19)17-11-13-18(27-4)14-12-17;/h11-14H,5-10,15-16H2,1-4H3,(H,22,23);1H. The molecule has 1 aromatic carbocycles. The molecule has 8 heteroatoms. The molecule has 2 aromatic rings. The molecule has 0 aliphatic carbocycles. The summed E-state index contributed by atoms with van der Waals surface area (Å²) >= 11 is 0. The van der Waals surface area contributed by atoms with Crippen molar-refractivity contribution in [2.24, 2.45) is 4.99 Å². The van der Waals surface area contributed by atoms with Crippen LogP contribution in [-0.2, 0) is 6.42 Å². The molecule has 0 spiro atoms. The summed E-state index contributed by atoms with van der Waals surface area (Å²) in [6, 6.07) is 7.66. The Morgan fingerprint density at radius 3 is 2.59 bits per heavy atom. The molecule has 0 aliphatic heterocycles. The largest absolute Gasteiger partial charge is 0.497 e. The van der Waals surface area contributed by atoms with Gasteiger partial charge in [0.05, 0.1) is 7.11 Å². The zero-order valence-electron chi connectivity index (χ0n) is 18.0. The second-order valence-corrected chi connectivity index (χ2v) is 6.80. The lowest BCUT2D eigenvalue weighted by molar-refractivity contribution is 0.374. The van der Waals surface area contributed by atoms with Crippen molar-refractivity contribution in [3.8, 4) is 17.1 Å². The summed E-state index contributed by atoms with van der Waals surface area (Å²) in [4.78, 5) is 11.0. The number of nitrogens with one attached hydrogen (secondary N) is 1. The van der Waals surface area contributed by atoms with E-state index in [1.807, 2.05) is 31.3 Å². The molecule has 0 aliphatic rings. The van der Waals surface area contributed by atoms with E-state index in [1.165, 1.54) is 12.8 Å². The van der Waals surface area contributed by atoms with E-state index in [1.54, 1.807) is 7.11 Å². The van der Waals surface area contributed by atoms with Gasteiger partial charge >= 0.3 is 0 Å². The molecule has 1 heterocycles. The summed E-state index contributed by atoms with van der Waals surface area (Å²) in [6.07, 6.45) is 6.38. The third-order valence-corrected chi connectivity index (χ3v) is 4.59. The highest BCUT2D eigenvalue weighted by atomic mass is 127. The Bertz CT molecular complexity index is 718. The van der Waals surface area contributed by atoms with Gasteiger partial charge < -0.3 is 19.5 Å². The van der Waals surface area contributed by atoms with E-state index < -0.39 is 0 Å². The van der Waals surface area contributed by atoms with Crippen LogP contribution >= 0.6 is 24.0 Å². The second-order valence-electron chi connectivity index (χ2n) is 6.80. The zero-order chi connectivity index (χ0) is 20.2. The van der Waals surface area contributed by atoms with Gasteiger partial charge in [0.15, 0.2) is 5.96 Å². The van der Waals surface area contributed by atoms with Crippen LogP contribution in [0.3, 0.4) is 0 Å². The molecule has 0 bridgehead atoms. The first-order chi connectivity index (χ1) is 13.7. The molecule has 7 nitrogen and oxygen atoms in total. The Morgan fingerprint density at radius 1 is 1.17 bits per heavy atom. The van der Waals surface area contributed by atoms with Gasteiger partial charge in [-0.15, -0.1) is 24.0 Å². The van der Waals surface area contributed by atoms with E-state index in [0.717, 1.165) is 56.0 Å². The summed E-state index contributed by atoms with van der Waals surface area (Å²) < 4.78 is 10.5. The fraction of sp³-hybridized carbons (Fsp3) is 0.571. The van der Waals surface area contributed by atoms with Gasteiger partial charge in [-0.1, -0.05) is 24.9 Å². The van der Waals surface area contributed by atoms with Crippen molar-refractivity contribution in [1.29, 1.82) is 0 Å². The van der Waals surface area contributed by atoms with Gasteiger partial charge in [-0.05, 0) is 43.5 Å². The van der Waals surface area contributed by atoms with E-state index in [2.05, 4.69) is 39.3 Å². The van der Waals surface area contributed by atoms with Gasteiger partial charge in [-0.2, -0.15) is 4.98 Å². The van der Waals surface area contributed by atoms with E-state index in [0.29, 0.717) is 11.7 Å². The topological polar surface area (TPSA) is 75.8 Å². The number of nitrogens with zero attached hydrogens (tertiary/aromatic N) is 4. The monoisotopic (exact) mass is 515 g/mol. The predicted octanol–water partition coefficient (Wildman–Crippen LogP) is 4.38. The number of guanidine groups is 1. The number of ether oxygens (including phenoxy) is 1. The van der Waals surface area contributed by atoms with Crippen LogP contribution in [0.5, 0.6) is 5.75 Å². The second kappa shape index (κ2) is 14.2. The van der Waals surface area contributed by atoms with Crippen molar-refractivity contribution in [1.82, 2.24) is 20.4 Å². The Hall–Kier alpha value is -1.84. The SMILES string of the molecule is CCCCN(C)C(=NC)NCCCCCc1nc(-c2ccc(OC)cc2)no1.I. The minimum atomic E-state index is 0. The van der Waals surface area contributed by atoms with Crippen LogP contribution in [0.25, 0.3) is 11.4 Å². The van der Waals surface area contributed by atoms with Crippen LogP contribution < -0.4 is 10.1 Å². The maximum Gasteiger partial charge on any atom is 0.226 e. The van der Waals surface area contributed by atoms with Crippen molar-refractivity contribution in [3.63, 3.8) is 0 Å². The summed E-state index contributed by atoms with van der Waals surface area (Å²) in [5, 5.41) is 7.50. The average Bonchev–Trinajstić information content (AvgIpc) is 3.20. The van der Waals surface area contributed by atoms with Crippen molar-refractivity contribution >= 4 is 29.9 Å². The lowest BCUT2D eigenvalue weighted by atomic mass is 10.2. The predicted molar refractivity (Wildman–Crippen MR) is 128 cm³/mol. The molecule has 1 N–H and O–H groups in total. The first-order valence-electron chi connectivity index (χ1n) is 10.1. The molecule has 0 saturated carbocycles. The van der Waals surface area contributed by atoms with Gasteiger partial charge in [0.1, 0.15) is 5.75 Å². The van der Waals surface area contributed by atoms with Crippen LogP contribution in [0, 0.1) is 0 Å². The smallest absolute Gasteiger partial charge is 0.226 e. The normalized spacial score (nSPS) is 11.1. The molecule has 1 aromatic heterocycles.